The maximum atomic E-state index is 14.2. The molecule has 1 heterocycles. The van der Waals surface area contributed by atoms with E-state index in [4.69, 9.17) is 5.11 Å². The minimum atomic E-state index is -4.14. The van der Waals surface area contributed by atoms with Gasteiger partial charge >= 0.3 is 0 Å². The average molecular weight is 378 g/mol. The summed E-state index contributed by atoms with van der Waals surface area (Å²) in [6.07, 6.45) is 0. The number of hydrogen-bond acceptors (Lipinski definition) is 4. The Morgan fingerprint density at radius 2 is 2.10 bits per heavy atom. The monoisotopic (exact) mass is 377 g/mol. The Hall–Kier alpha value is -1.45. The van der Waals surface area contributed by atoms with Crippen molar-refractivity contribution in [1.82, 2.24) is 10.2 Å². The summed E-state index contributed by atoms with van der Waals surface area (Å²) in [5.41, 5.74) is 1.15. The molecule has 0 spiro atoms. The molecule has 0 radical (unpaired) electrons. The SMILES string of the molecule is Cc1n[nH]c(C)c1NS(=O)(=O)c1cc(Br)cc(CO)c1F. The summed E-state index contributed by atoms with van der Waals surface area (Å²) in [5, 5.41) is 15.6. The van der Waals surface area contributed by atoms with E-state index in [1.54, 1.807) is 13.8 Å². The van der Waals surface area contributed by atoms with Crippen LogP contribution in [0, 0.1) is 19.7 Å². The lowest BCUT2D eigenvalue weighted by Gasteiger charge is -2.11. The lowest BCUT2D eigenvalue weighted by molar-refractivity contribution is 0.274. The first-order chi connectivity index (χ1) is 9.76. The number of aromatic amines is 1. The van der Waals surface area contributed by atoms with Crippen LogP contribution in [0.15, 0.2) is 21.5 Å². The molecule has 0 saturated carbocycles. The second kappa shape index (κ2) is 5.74. The van der Waals surface area contributed by atoms with Crippen molar-refractivity contribution in [2.45, 2.75) is 25.3 Å². The van der Waals surface area contributed by atoms with Gasteiger partial charge in [0.25, 0.3) is 10.0 Å². The van der Waals surface area contributed by atoms with Crippen LogP contribution in [-0.4, -0.2) is 23.7 Å². The Kier molecular flexibility index (Phi) is 4.35. The predicted molar refractivity (Wildman–Crippen MR) is 78.9 cm³/mol. The van der Waals surface area contributed by atoms with Gasteiger partial charge in [-0.2, -0.15) is 5.10 Å². The van der Waals surface area contributed by atoms with Crippen molar-refractivity contribution >= 4 is 31.6 Å². The van der Waals surface area contributed by atoms with Crippen molar-refractivity contribution in [3.8, 4) is 0 Å². The van der Waals surface area contributed by atoms with Gasteiger partial charge in [-0.1, -0.05) is 15.9 Å². The van der Waals surface area contributed by atoms with E-state index in [2.05, 4.69) is 30.8 Å². The van der Waals surface area contributed by atoms with Gasteiger partial charge in [0.1, 0.15) is 10.7 Å². The second-order valence-electron chi connectivity index (χ2n) is 4.45. The summed E-state index contributed by atoms with van der Waals surface area (Å²) in [7, 11) is -4.14. The van der Waals surface area contributed by atoms with Gasteiger partial charge in [-0.05, 0) is 26.0 Å². The third kappa shape index (κ3) is 3.09. The van der Waals surface area contributed by atoms with Gasteiger partial charge in [0.2, 0.25) is 0 Å². The number of benzene rings is 1. The lowest BCUT2D eigenvalue weighted by atomic mass is 10.2. The third-order valence-electron chi connectivity index (χ3n) is 2.90. The standard InChI is InChI=1S/C12H13BrFN3O3S/c1-6-12(7(2)16-15-6)17-21(19,20)10-4-9(13)3-8(5-18)11(10)14/h3-4,17-18H,5H2,1-2H3,(H,15,16). The highest BCUT2D eigenvalue weighted by atomic mass is 79.9. The van der Waals surface area contributed by atoms with Crippen LogP contribution < -0.4 is 4.72 Å². The molecule has 0 unspecified atom stereocenters. The van der Waals surface area contributed by atoms with E-state index in [0.717, 1.165) is 6.07 Å². The van der Waals surface area contributed by atoms with Crippen molar-refractivity contribution in [3.05, 3.63) is 39.4 Å². The number of rotatable bonds is 4. The van der Waals surface area contributed by atoms with Crippen LogP contribution in [0.1, 0.15) is 17.0 Å². The van der Waals surface area contributed by atoms with Crippen LogP contribution in [0.3, 0.4) is 0 Å². The largest absolute Gasteiger partial charge is 0.392 e. The fourth-order valence-corrected chi connectivity index (χ4v) is 3.80. The molecule has 0 amide bonds. The Labute approximate surface area is 129 Å². The molecule has 6 nitrogen and oxygen atoms in total. The highest BCUT2D eigenvalue weighted by Gasteiger charge is 2.24. The molecular formula is C12H13BrFN3O3S. The molecule has 0 bridgehead atoms. The zero-order valence-corrected chi connectivity index (χ0v) is 13.6. The Bertz CT molecular complexity index is 770. The number of nitrogens with one attached hydrogen (secondary N) is 2. The van der Waals surface area contributed by atoms with E-state index in [0.29, 0.717) is 15.9 Å². The van der Waals surface area contributed by atoms with Crippen LogP contribution >= 0.6 is 15.9 Å². The highest BCUT2D eigenvalue weighted by molar-refractivity contribution is 9.10. The van der Waals surface area contributed by atoms with E-state index in [1.165, 1.54) is 6.07 Å². The summed E-state index contributed by atoms with van der Waals surface area (Å²) in [4.78, 5) is -0.541. The number of aliphatic hydroxyl groups excluding tert-OH is 1. The number of anilines is 1. The van der Waals surface area contributed by atoms with Crippen LogP contribution in [0.2, 0.25) is 0 Å². The van der Waals surface area contributed by atoms with Gasteiger partial charge in [-0.25, -0.2) is 12.8 Å². The molecule has 2 rings (SSSR count). The summed E-state index contributed by atoms with van der Waals surface area (Å²) >= 11 is 3.10. The Balaban J connectivity index is 2.53. The minimum Gasteiger partial charge on any atom is -0.392 e. The third-order valence-corrected chi connectivity index (χ3v) is 4.71. The number of sulfonamides is 1. The van der Waals surface area contributed by atoms with E-state index >= 15 is 0 Å². The van der Waals surface area contributed by atoms with E-state index in [-0.39, 0.29) is 11.3 Å². The molecule has 2 aromatic rings. The van der Waals surface area contributed by atoms with Crippen LogP contribution in [-0.2, 0) is 16.6 Å². The molecule has 1 aromatic heterocycles. The molecule has 0 aliphatic carbocycles. The summed E-state index contributed by atoms with van der Waals surface area (Å²) in [6.45, 7) is 2.67. The van der Waals surface area contributed by atoms with Crippen LogP contribution in [0.5, 0.6) is 0 Å². The van der Waals surface area contributed by atoms with E-state index < -0.39 is 27.3 Å². The number of halogens is 2. The van der Waals surface area contributed by atoms with Crippen molar-refractivity contribution < 1.29 is 17.9 Å². The fraction of sp³-hybridized carbons (Fsp3) is 0.250. The van der Waals surface area contributed by atoms with Crippen molar-refractivity contribution in [2.75, 3.05) is 4.72 Å². The summed E-state index contributed by atoms with van der Waals surface area (Å²) < 4.78 is 41.5. The number of hydrogen-bond donors (Lipinski definition) is 3. The molecule has 9 heteroatoms. The normalized spacial score (nSPS) is 11.7. The molecule has 1 aromatic carbocycles. The number of aliphatic hydroxyl groups is 1. The molecule has 21 heavy (non-hydrogen) atoms. The van der Waals surface area contributed by atoms with Crippen LogP contribution in [0.25, 0.3) is 0 Å². The van der Waals surface area contributed by atoms with Gasteiger partial charge < -0.3 is 5.11 Å². The van der Waals surface area contributed by atoms with Crippen LogP contribution in [0.4, 0.5) is 10.1 Å². The zero-order valence-electron chi connectivity index (χ0n) is 11.2. The van der Waals surface area contributed by atoms with Crippen molar-refractivity contribution in [1.29, 1.82) is 0 Å². The predicted octanol–water partition coefficient (Wildman–Crippen LogP) is 2.22. The highest BCUT2D eigenvalue weighted by Crippen LogP contribution is 2.27. The molecule has 0 aliphatic heterocycles. The first-order valence-corrected chi connectivity index (χ1v) is 8.17. The maximum absolute atomic E-state index is 14.2. The summed E-state index contributed by atoms with van der Waals surface area (Å²) in [6, 6.07) is 2.46. The smallest absolute Gasteiger partial charge is 0.264 e. The number of aryl methyl sites for hydroxylation is 2. The number of aromatic nitrogens is 2. The van der Waals surface area contributed by atoms with Gasteiger partial charge in [0, 0.05) is 10.0 Å². The topological polar surface area (TPSA) is 95.1 Å². The van der Waals surface area contributed by atoms with Gasteiger partial charge in [-0.15, -0.1) is 0 Å². The molecule has 3 N–H and O–H groups in total. The first-order valence-electron chi connectivity index (χ1n) is 5.89. The minimum absolute atomic E-state index is 0.106. The first kappa shape index (κ1) is 15.9. The fourth-order valence-electron chi connectivity index (χ4n) is 1.82. The average Bonchev–Trinajstić information content (AvgIpc) is 2.72. The Morgan fingerprint density at radius 1 is 1.43 bits per heavy atom. The van der Waals surface area contributed by atoms with E-state index in [1.807, 2.05) is 0 Å². The van der Waals surface area contributed by atoms with Gasteiger partial charge in [-0.3, -0.25) is 9.82 Å². The summed E-state index contributed by atoms with van der Waals surface area (Å²) in [5.74, 6) is -0.980. The van der Waals surface area contributed by atoms with Crippen molar-refractivity contribution in [3.63, 3.8) is 0 Å². The molecule has 114 valence electrons. The maximum Gasteiger partial charge on any atom is 0.264 e. The number of H-pyrrole nitrogens is 1. The molecule has 0 atom stereocenters. The van der Waals surface area contributed by atoms with E-state index in [9.17, 15) is 12.8 Å². The van der Waals surface area contributed by atoms with Crippen molar-refractivity contribution in [2.24, 2.45) is 0 Å². The Morgan fingerprint density at radius 3 is 2.62 bits per heavy atom. The molecule has 0 saturated heterocycles. The molecule has 0 aliphatic rings. The molecule has 0 fully saturated rings. The quantitative estimate of drug-likeness (QED) is 0.760. The second-order valence-corrected chi connectivity index (χ2v) is 7.02. The lowest BCUT2D eigenvalue weighted by Crippen LogP contribution is -2.16. The van der Waals surface area contributed by atoms with Gasteiger partial charge in [0.05, 0.1) is 23.7 Å². The molecular weight excluding hydrogens is 365 g/mol. The van der Waals surface area contributed by atoms with Gasteiger partial charge in [0.15, 0.2) is 0 Å². The number of nitrogens with zero attached hydrogens (tertiary/aromatic N) is 1. The zero-order chi connectivity index (χ0) is 15.8.